The van der Waals surface area contributed by atoms with E-state index in [9.17, 15) is 4.79 Å². The van der Waals surface area contributed by atoms with E-state index in [-0.39, 0.29) is 12.6 Å². The summed E-state index contributed by atoms with van der Waals surface area (Å²) in [6, 6.07) is 70.3. The van der Waals surface area contributed by atoms with Crippen LogP contribution in [0.1, 0.15) is 246 Å². The second-order valence-electron chi connectivity index (χ2n) is 35.5. The maximum Gasteiger partial charge on any atom is 0.338 e. The molecule has 8 nitrogen and oxygen atoms in total. The molecule has 120 heavy (non-hydrogen) atoms. The van der Waals surface area contributed by atoms with Crippen molar-refractivity contribution in [3.8, 4) is 50.5 Å². The van der Waals surface area contributed by atoms with Crippen molar-refractivity contribution < 1.29 is 18.7 Å². The lowest BCUT2D eigenvalue weighted by Gasteiger charge is -2.34. The van der Waals surface area contributed by atoms with E-state index in [1.807, 2.05) is 25.3 Å². The molecule has 0 fully saturated rings. The average Bonchev–Trinajstić information content (AvgIpc) is 0.731. The van der Waals surface area contributed by atoms with Crippen LogP contribution in [0, 0.1) is 23.7 Å². The summed E-state index contributed by atoms with van der Waals surface area (Å²) in [5.74, 6) is 3.86. The minimum atomic E-state index is -0.322. The molecular weight excluding hydrogens is 1470 g/mol. The van der Waals surface area contributed by atoms with E-state index in [1.165, 1.54) is 229 Å². The molecule has 4 atom stereocenters. The van der Waals surface area contributed by atoms with Gasteiger partial charge in [-0.1, -0.05) is 273 Å². The molecule has 0 spiro atoms. The van der Waals surface area contributed by atoms with Crippen LogP contribution in [0.15, 0.2) is 186 Å². The SMILES string of the molecule is CCCCC(CC)Cc1cccc2c(-c3cc(CN4Cc5ccc6c7c(ccc(c57)C4)CN(CCOC(=O)c4ccccc4-c4c5ccc(=[N+](CC)CC)cc-5oc5cc(N(CC)CC)ccc45)C6)cc(-c4c5cccc(CC(CC)CCCC)c5cc5c(CC(CC)CCCC)cccc45)c3OC)c3cccc(CC(CC)CCCC)c3cc12. The number of carbonyl (C=O) groups excluding carboxylic acids is 1. The van der Waals surface area contributed by atoms with Gasteiger partial charge in [0.2, 0.25) is 5.36 Å². The molecule has 15 rings (SSSR count). The van der Waals surface area contributed by atoms with Gasteiger partial charge in [0.1, 0.15) is 36.8 Å². The van der Waals surface area contributed by atoms with E-state index >= 15 is 0 Å². The van der Waals surface area contributed by atoms with Gasteiger partial charge in [0, 0.05) is 109 Å². The molecule has 11 aromatic carbocycles. The molecular formula is C112H135N4O4+. The zero-order valence-electron chi connectivity index (χ0n) is 75.0. The van der Waals surface area contributed by atoms with Crippen molar-refractivity contribution in [2.45, 2.75) is 244 Å². The highest BCUT2D eigenvalue weighted by molar-refractivity contribution is 6.19. The van der Waals surface area contributed by atoms with E-state index in [2.05, 4.69) is 266 Å². The first-order valence-electron chi connectivity index (χ1n) is 47.1. The monoisotopic (exact) mass is 1600 g/mol. The normalized spacial score (nSPS) is 14.1. The average molecular weight is 1600 g/mol. The molecule has 4 aliphatic rings. The van der Waals surface area contributed by atoms with Gasteiger partial charge in [-0.3, -0.25) is 9.80 Å². The fourth-order valence-electron chi connectivity index (χ4n) is 21.1. The van der Waals surface area contributed by atoms with Crippen LogP contribution >= 0.6 is 0 Å². The second kappa shape index (κ2) is 39.5. The van der Waals surface area contributed by atoms with E-state index < -0.39 is 0 Å². The van der Waals surface area contributed by atoms with Crippen molar-refractivity contribution in [2.75, 3.05) is 51.3 Å². The first-order chi connectivity index (χ1) is 58.8. The third-order valence-electron chi connectivity index (χ3n) is 28.0. The van der Waals surface area contributed by atoms with Gasteiger partial charge < -0.3 is 18.8 Å². The number of nitrogens with zero attached hydrogens (tertiary/aromatic N) is 4. The number of hydrogen-bond donors (Lipinski definition) is 0. The van der Waals surface area contributed by atoms with Gasteiger partial charge in [-0.2, -0.15) is 0 Å². The molecule has 11 aromatic rings. The minimum absolute atomic E-state index is 0.267. The Morgan fingerprint density at radius 1 is 0.425 bits per heavy atom. The van der Waals surface area contributed by atoms with Crippen LogP contribution in [0.5, 0.6) is 5.75 Å². The summed E-state index contributed by atoms with van der Waals surface area (Å²) in [6.45, 7) is 36.2. The van der Waals surface area contributed by atoms with Crippen molar-refractivity contribution in [1.29, 1.82) is 0 Å². The smallest absolute Gasteiger partial charge is 0.338 e. The lowest BCUT2D eigenvalue weighted by Crippen LogP contribution is -2.32. The Balaban J connectivity index is 0.809. The fraction of sp³-hybridized carbons (Fsp3) is 0.429. The third-order valence-corrected chi connectivity index (χ3v) is 28.0. The molecule has 0 saturated carbocycles. The van der Waals surface area contributed by atoms with Crippen molar-refractivity contribution in [3.05, 3.63) is 243 Å². The number of carbonyl (C=O) groups is 1. The number of hydrogen-bond acceptors (Lipinski definition) is 7. The van der Waals surface area contributed by atoms with Gasteiger partial charge in [0.15, 0.2) is 0 Å². The highest BCUT2D eigenvalue weighted by Crippen LogP contribution is 2.52. The number of anilines is 1. The number of ether oxygens (including phenoxy) is 2. The van der Waals surface area contributed by atoms with Gasteiger partial charge in [-0.15, -0.1) is 0 Å². The zero-order chi connectivity index (χ0) is 83.5. The summed E-state index contributed by atoms with van der Waals surface area (Å²) in [6.07, 6.45) is 23.8. The molecule has 0 saturated heterocycles. The Hall–Kier alpha value is -9.60. The summed E-state index contributed by atoms with van der Waals surface area (Å²) in [7, 11) is 1.97. The Morgan fingerprint density at radius 2 is 0.867 bits per heavy atom. The Labute approximate surface area is 717 Å². The number of unbranched alkanes of at least 4 members (excludes halogenated alkanes) is 4. The quantitative estimate of drug-likeness (QED) is 0.0216. The van der Waals surface area contributed by atoms with Gasteiger partial charge >= 0.3 is 5.97 Å². The number of esters is 1. The van der Waals surface area contributed by atoms with E-state index in [0.29, 0.717) is 35.8 Å². The Kier molecular flexibility index (Phi) is 28.1. The van der Waals surface area contributed by atoms with Crippen LogP contribution in [0.4, 0.5) is 5.69 Å². The maximum absolute atomic E-state index is 14.8. The van der Waals surface area contributed by atoms with Crippen LogP contribution in [0.3, 0.4) is 0 Å². The summed E-state index contributed by atoms with van der Waals surface area (Å²) >= 11 is 0. The maximum atomic E-state index is 14.8. The predicted molar refractivity (Wildman–Crippen MR) is 511 cm³/mol. The molecule has 8 heteroatoms. The van der Waals surface area contributed by atoms with Crippen LogP contribution < -0.4 is 19.6 Å². The first kappa shape index (κ1) is 85.4. The molecule has 3 heterocycles. The highest BCUT2D eigenvalue weighted by atomic mass is 16.5. The molecule has 1 aliphatic carbocycles. The molecule has 0 aromatic heterocycles. The van der Waals surface area contributed by atoms with Gasteiger partial charge in [-0.05, 0) is 235 Å². The highest BCUT2D eigenvalue weighted by Gasteiger charge is 2.32. The Bertz CT molecular complexity index is 5450. The van der Waals surface area contributed by atoms with Gasteiger partial charge in [0.25, 0.3) is 0 Å². The van der Waals surface area contributed by atoms with E-state index in [4.69, 9.17) is 13.9 Å². The predicted octanol–water partition coefficient (Wildman–Crippen LogP) is 28.7. The van der Waals surface area contributed by atoms with Gasteiger partial charge in [0.05, 0.1) is 18.7 Å². The lowest BCUT2D eigenvalue weighted by molar-refractivity contribution is 0.0453. The van der Waals surface area contributed by atoms with Crippen LogP contribution in [0.25, 0.3) is 110 Å². The van der Waals surface area contributed by atoms with Crippen LogP contribution in [-0.4, -0.2) is 62.2 Å². The van der Waals surface area contributed by atoms with Crippen LogP contribution in [0.2, 0.25) is 0 Å². The molecule has 4 unspecified atom stereocenters. The molecule has 0 radical (unpaired) electrons. The number of methoxy groups -OCH3 is 1. The summed E-state index contributed by atoms with van der Waals surface area (Å²) in [5.41, 5.74) is 22.8. The Morgan fingerprint density at radius 3 is 1.28 bits per heavy atom. The summed E-state index contributed by atoms with van der Waals surface area (Å²) < 4.78 is 23.0. The number of rotatable bonds is 39. The molecule has 0 bridgehead atoms. The molecule has 626 valence electrons. The minimum Gasteiger partial charge on any atom is -0.495 e. The van der Waals surface area contributed by atoms with Crippen molar-refractivity contribution in [1.82, 2.24) is 14.4 Å². The van der Waals surface area contributed by atoms with Crippen LogP contribution in [-0.2, 0) is 63.1 Å². The van der Waals surface area contributed by atoms with Gasteiger partial charge in [-0.25, -0.2) is 9.37 Å². The van der Waals surface area contributed by atoms with Crippen molar-refractivity contribution in [2.24, 2.45) is 23.7 Å². The zero-order valence-corrected chi connectivity index (χ0v) is 75.0. The topological polar surface area (TPSA) is 61.4 Å². The number of benzene rings is 12. The fourth-order valence-corrected chi connectivity index (χ4v) is 21.1. The number of fused-ring (bicyclic) bond motifs is 6. The molecule has 0 amide bonds. The van der Waals surface area contributed by atoms with E-state index in [0.717, 1.165) is 135 Å². The lowest BCUT2D eigenvalue weighted by atomic mass is 9.81. The summed E-state index contributed by atoms with van der Waals surface area (Å²) in [5, 5.41) is 15.7. The third kappa shape index (κ3) is 17.8. The standard InChI is InChI=1S/C112H135N4O4/c1-14-26-36-75(18-5)60-80-40-32-46-91-98(80)68-99-81(61-76(19-6)37-27-15-2)41-33-47-92(99)108(91)102-64-79(65-103(111(102)118-13)109-93-48-34-42-82(62-77(20-7)38-28-16-3)100(93)69-101-83(43-35-49-94(101)109)63-78(21-8)39-29-17-4)70-114-73-86-52-50-84-71-113(72-85-51-53-87(74-114)107(86)106(84)85)58-59-119-112(117)95-45-31-30-44-90(95)110-96-56-54-88(115(22-9)23-10)66-104(96)120-105-67-89(55-57-97(105)110)116(24-11)25-12/h30-35,40-57,64-69,75-78H,14-29,36-39,58-63,70-74H2,1-13H3/q+1. The van der Waals surface area contributed by atoms with E-state index in [1.54, 1.807) is 0 Å². The van der Waals surface area contributed by atoms with Crippen molar-refractivity contribution >= 4 is 76.5 Å². The van der Waals surface area contributed by atoms with Crippen molar-refractivity contribution in [3.63, 3.8) is 0 Å². The second-order valence-corrected chi connectivity index (χ2v) is 35.5. The largest absolute Gasteiger partial charge is 0.495 e. The summed E-state index contributed by atoms with van der Waals surface area (Å²) in [4.78, 5) is 22.3. The molecule has 0 N–H and O–H groups in total. The molecule has 3 aliphatic heterocycles. The first-order valence-corrected chi connectivity index (χ1v) is 47.1.